The molecule has 2 aromatic heterocycles. The van der Waals surface area contributed by atoms with Crippen molar-refractivity contribution in [2.75, 3.05) is 18.5 Å². The van der Waals surface area contributed by atoms with E-state index in [2.05, 4.69) is 39.4 Å². The first-order valence-electron chi connectivity index (χ1n) is 9.59. The van der Waals surface area contributed by atoms with Crippen molar-refractivity contribution in [2.24, 2.45) is 0 Å². The lowest BCUT2D eigenvalue weighted by Crippen LogP contribution is -2.40. The molecule has 0 saturated heterocycles. The van der Waals surface area contributed by atoms with Crippen molar-refractivity contribution in [3.05, 3.63) is 84.7 Å². The van der Waals surface area contributed by atoms with Crippen molar-refractivity contribution in [3.8, 4) is 11.3 Å². The highest BCUT2D eigenvalue weighted by Crippen LogP contribution is 2.20. The topological polar surface area (TPSA) is 62.5 Å². The SMILES string of the molecule is CC(CNC(=O)c1cnn2c(-c3ccccc3)ccnc12)N(C)c1ccccc1. The zero-order valence-electron chi connectivity index (χ0n) is 16.5. The summed E-state index contributed by atoms with van der Waals surface area (Å²) in [7, 11) is 2.02. The average molecular weight is 385 g/mol. The Balaban J connectivity index is 1.51. The predicted octanol–water partition coefficient (Wildman–Crippen LogP) is 3.65. The molecule has 6 heteroatoms. The highest BCUT2D eigenvalue weighted by Gasteiger charge is 2.18. The van der Waals surface area contributed by atoms with E-state index in [1.807, 2.05) is 61.6 Å². The molecule has 0 spiro atoms. The van der Waals surface area contributed by atoms with Crippen molar-refractivity contribution in [2.45, 2.75) is 13.0 Å². The lowest BCUT2D eigenvalue weighted by atomic mass is 10.1. The first kappa shape index (κ1) is 18.7. The number of likely N-dealkylation sites (N-methyl/N-ethyl adjacent to an activating group) is 1. The summed E-state index contributed by atoms with van der Waals surface area (Å²) in [5.41, 5.74) is 4.05. The van der Waals surface area contributed by atoms with Gasteiger partial charge in [0.15, 0.2) is 5.65 Å². The molecule has 0 saturated carbocycles. The number of carbonyl (C=O) groups excluding carboxylic acids is 1. The smallest absolute Gasteiger partial charge is 0.256 e. The lowest BCUT2D eigenvalue weighted by Gasteiger charge is -2.27. The summed E-state index contributed by atoms with van der Waals surface area (Å²) in [5.74, 6) is -0.175. The molecule has 0 fully saturated rings. The molecule has 4 rings (SSSR count). The number of aromatic nitrogens is 3. The Labute approximate surface area is 169 Å². The van der Waals surface area contributed by atoms with Crippen LogP contribution in [0.5, 0.6) is 0 Å². The molecule has 4 aromatic rings. The Morgan fingerprint density at radius 1 is 1.07 bits per heavy atom. The number of nitrogens with zero attached hydrogens (tertiary/aromatic N) is 4. The van der Waals surface area contributed by atoms with Gasteiger partial charge in [-0.05, 0) is 25.1 Å². The number of hydrogen-bond donors (Lipinski definition) is 1. The summed E-state index contributed by atoms with van der Waals surface area (Å²) in [6.45, 7) is 2.59. The van der Waals surface area contributed by atoms with Gasteiger partial charge in [0, 0.05) is 37.1 Å². The highest BCUT2D eigenvalue weighted by atomic mass is 16.1. The van der Waals surface area contributed by atoms with Crippen LogP contribution in [0, 0.1) is 0 Å². The fourth-order valence-electron chi connectivity index (χ4n) is 3.27. The molecule has 1 unspecified atom stereocenters. The molecular weight excluding hydrogens is 362 g/mol. The number of para-hydroxylation sites is 1. The Morgan fingerprint density at radius 2 is 1.76 bits per heavy atom. The summed E-state index contributed by atoms with van der Waals surface area (Å²) < 4.78 is 1.71. The molecule has 0 radical (unpaired) electrons. The molecule has 146 valence electrons. The van der Waals surface area contributed by atoms with Gasteiger partial charge in [0.2, 0.25) is 0 Å². The average Bonchev–Trinajstić information content (AvgIpc) is 3.22. The van der Waals surface area contributed by atoms with Crippen molar-refractivity contribution in [1.29, 1.82) is 0 Å². The van der Waals surface area contributed by atoms with E-state index in [0.29, 0.717) is 17.8 Å². The second kappa shape index (κ2) is 8.14. The number of nitrogens with one attached hydrogen (secondary N) is 1. The normalized spacial score (nSPS) is 11.9. The van der Waals surface area contributed by atoms with Crippen LogP contribution in [0.1, 0.15) is 17.3 Å². The Hall–Kier alpha value is -3.67. The molecule has 29 heavy (non-hydrogen) atoms. The molecule has 2 heterocycles. The lowest BCUT2D eigenvalue weighted by molar-refractivity contribution is 0.0953. The molecule has 0 aliphatic heterocycles. The summed E-state index contributed by atoms with van der Waals surface area (Å²) in [6, 6.07) is 22.1. The highest BCUT2D eigenvalue weighted by molar-refractivity contribution is 5.99. The fraction of sp³-hybridized carbons (Fsp3) is 0.174. The van der Waals surface area contributed by atoms with E-state index in [4.69, 9.17) is 0 Å². The van der Waals surface area contributed by atoms with Crippen LogP contribution in [-0.4, -0.2) is 40.1 Å². The van der Waals surface area contributed by atoms with Crippen LogP contribution in [0.2, 0.25) is 0 Å². The molecule has 6 nitrogen and oxygen atoms in total. The van der Waals surface area contributed by atoms with Gasteiger partial charge >= 0.3 is 0 Å². The van der Waals surface area contributed by atoms with Gasteiger partial charge in [0.05, 0.1) is 11.9 Å². The molecule has 2 aromatic carbocycles. The zero-order chi connectivity index (χ0) is 20.2. The zero-order valence-corrected chi connectivity index (χ0v) is 16.5. The number of anilines is 1. The number of hydrogen-bond acceptors (Lipinski definition) is 4. The maximum absolute atomic E-state index is 12.8. The maximum atomic E-state index is 12.8. The second-order valence-electron chi connectivity index (χ2n) is 7.00. The van der Waals surface area contributed by atoms with Crippen LogP contribution in [-0.2, 0) is 0 Å². The standard InChI is InChI=1S/C23H23N5O/c1-17(27(2)19-11-7-4-8-12-19)15-25-23(29)20-16-26-28-21(13-14-24-22(20)28)18-9-5-3-6-10-18/h3-14,16-17H,15H2,1-2H3,(H,25,29). The Kier molecular flexibility index (Phi) is 5.24. The van der Waals surface area contributed by atoms with Crippen LogP contribution < -0.4 is 10.2 Å². The fourth-order valence-corrected chi connectivity index (χ4v) is 3.27. The number of carbonyl (C=O) groups is 1. The van der Waals surface area contributed by atoms with E-state index >= 15 is 0 Å². The third kappa shape index (κ3) is 3.82. The van der Waals surface area contributed by atoms with Crippen molar-refractivity contribution < 1.29 is 4.79 Å². The molecular formula is C23H23N5O. The molecule has 1 amide bonds. The molecule has 0 bridgehead atoms. The second-order valence-corrected chi connectivity index (χ2v) is 7.00. The first-order chi connectivity index (χ1) is 14.1. The summed E-state index contributed by atoms with van der Waals surface area (Å²) >= 11 is 0. The van der Waals surface area contributed by atoms with Crippen LogP contribution in [0.3, 0.4) is 0 Å². The minimum Gasteiger partial charge on any atom is -0.370 e. The predicted molar refractivity (Wildman–Crippen MR) is 115 cm³/mol. The minimum absolute atomic E-state index is 0.135. The van der Waals surface area contributed by atoms with Gasteiger partial charge < -0.3 is 10.2 Å². The van der Waals surface area contributed by atoms with Crippen LogP contribution in [0.15, 0.2) is 79.1 Å². The molecule has 0 aliphatic carbocycles. The number of amides is 1. The number of rotatable bonds is 6. The third-order valence-corrected chi connectivity index (χ3v) is 5.10. The monoisotopic (exact) mass is 385 g/mol. The van der Waals surface area contributed by atoms with E-state index in [1.54, 1.807) is 16.9 Å². The number of fused-ring (bicyclic) bond motifs is 1. The first-order valence-corrected chi connectivity index (χ1v) is 9.59. The van der Waals surface area contributed by atoms with E-state index in [0.717, 1.165) is 16.9 Å². The summed E-state index contributed by atoms with van der Waals surface area (Å²) in [5, 5.41) is 7.42. The number of benzene rings is 2. The molecule has 0 aliphatic rings. The van der Waals surface area contributed by atoms with Crippen LogP contribution in [0.25, 0.3) is 16.9 Å². The van der Waals surface area contributed by atoms with Crippen LogP contribution >= 0.6 is 0 Å². The third-order valence-electron chi connectivity index (χ3n) is 5.10. The van der Waals surface area contributed by atoms with Crippen molar-refractivity contribution in [1.82, 2.24) is 19.9 Å². The van der Waals surface area contributed by atoms with E-state index in [9.17, 15) is 4.79 Å². The van der Waals surface area contributed by atoms with Gasteiger partial charge in [-0.2, -0.15) is 5.10 Å². The van der Waals surface area contributed by atoms with E-state index in [1.165, 1.54) is 0 Å². The van der Waals surface area contributed by atoms with Gasteiger partial charge in [-0.3, -0.25) is 4.79 Å². The molecule has 1 N–H and O–H groups in total. The van der Waals surface area contributed by atoms with Crippen molar-refractivity contribution in [3.63, 3.8) is 0 Å². The minimum atomic E-state index is -0.175. The molecule has 1 atom stereocenters. The van der Waals surface area contributed by atoms with Gasteiger partial charge in [-0.25, -0.2) is 9.50 Å². The van der Waals surface area contributed by atoms with Gasteiger partial charge in [-0.15, -0.1) is 0 Å². The van der Waals surface area contributed by atoms with Gasteiger partial charge in [0.25, 0.3) is 5.91 Å². The van der Waals surface area contributed by atoms with Gasteiger partial charge in [-0.1, -0.05) is 48.5 Å². The summed E-state index contributed by atoms with van der Waals surface area (Å²) in [6.07, 6.45) is 3.29. The van der Waals surface area contributed by atoms with Crippen molar-refractivity contribution >= 4 is 17.2 Å². The Morgan fingerprint density at radius 3 is 2.48 bits per heavy atom. The quantitative estimate of drug-likeness (QED) is 0.550. The van der Waals surface area contributed by atoms with Crippen LogP contribution in [0.4, 0.5) is 5.69 Å². The largest absolute Gasteiger partial charge is 0.370 e. The Bertz CT molecular complexity index is 1110. The van der Waals surface area contributed by atoms with E-state index in [-0.39, 0.29) is 11.9 Å². The maximum Gasteiger partial charge on any atom is 0.256 e. The van der Waals surface area contributed by atoms with Gasteiger partial charge in [0.1, 0.15) is 5.56 Å². The summed E-state index contributed by atoms with van der Waals surface area (Å²) in [4.78, 5) is 19.3. The van der Waals surface area contributed by atoms with E-state index < -0.39 is 0 Å².